The zero-order valence-electron chi connectivity index (χ0n) is 15.5. The van der Waals surface area contributed by atoms with Gasteiger partial charge in [-0.2, -0.15) is 9.49 Å². The van der Waals surface area contributed by atoms with Crippen molar-refractivity contribution in [3.05, 3.63) is 84.2 Å². The number of aryl methyl sites for hydroxylation is 2. The van der Waals surface area contributed by atoms with E-state index >= 15 is 0 Å². The molecule has 0 aliphatic heterocycles. The number of benzene rings is 2. The first-order chi connectivity index (χ1) is 13.6. The number of fused-ring (bicyclic) bond motifs is 2. The van der Waals surface area contributed by atoms with Crippen molar-refractivity contribution in [2.24, 2.45) is 0 Å². The number of nitrogens with zero attached hydrogens (tertiary/aromatic N) is 4. The zero-order valence-corrected chi connectivity index (χ0v) is 15.5. The van der Waals surface area contributed by atoms with Crippen LogP contribution in [0.2, 0.25) is 0 Å². The summed E-state index contributed by atoms with van der Waals surface area (Å²) >= 11 is 0. The molecule has 0 aliphatic carbocycles. The van der Waals surface area contributed by atoms with Gasteiger partial charge in [0.2, 0.25) is 5.95 Å². The van der Waals surface area contributed by atoms with Crippen molar-refractivity contribution in [3.63, 3.8) is 0 Å². The molecule has 0 aliphatic rings. The Morgan fingerprint density at radius 3 is 2.54 bits per heavy atom. The molecule has 0 bridgehead atoms. The lowest BCUT2D eigenvalue weighted by molar-refractivity contribution is 0.582. The third-order valence-corrected chi connectivity index (χ3v) is 5.02. The zero-order chi connectivity index (χ0) is 19.3. The van der Waals surface area contributed by atoms with Crippen LogP contribution in [-0.4, -0.2) is 19.7 Å². The molecule has 0 radical (unpaired) electrons. The molecule has 5 aromatic rings. The lowest BCUT2D eigenvalue weighted by Crippen LogP contribution is -1.99. The average Bonchev–Trinajstić information content (AvgIpc) is 3.09. The number of hydrogen-bond acceptors (Lipinski definition) is 3. The maximum Gasteiger partial charge on any atom is 0.212 e. The Bertz CT molecular complexity index is 1340. The second-order valence-electron chi connectivity index (χ2n) is 6.92. The highest BCUT2D eigenvalue weighted by Crippen LogP contribution is 2.35. The summed E-state index contributed by atoms with van der Waals surface area (Å²) in [4.78, 5) is 8.21. The van der Waals surface area contributed by atoms with Crippen molar-refractivity contribution < 1.29 is 4.39 Å². The predicted molar refractivity (Wildman–Crippen MR) is 109 cm³/mol. The topological polar surface area (TPSA) is 43.6 Å². The van der Waals surface area contributed by atoms with Crippen LogP contribution < -0.4 is 0 Å². The fourth-order valence-corrected chi connectivity index (χ4v) is 3.69. The summed E-state index contributed by atoms with van der Waals surface area (Å²) in [5.41, 5.74) is 5.71. The van der Waals surface area contributed by atoms with Gasteiger partial charge in [-0.3, -0.25) is 4.98 Å². The molecule has 28 heavy (non-hydrogen) atoms. The van der Waals surface area contributed by atoms with E-state index in [1.54, 1.807) is 6.07 Å². The lowest BCUT2D eigenvalue weighted by Gasteiger charge is -2.05. The van der Waals surface area contributed by atoms with Crippen LogP contribution in [0.5, 0.6) is 0 Å². The number of hydrogen-bond donors (Lipinski definition) is 0. The summed E-state index contributed by atoms with van der Waals surface area (Å²) in [5, 5.41) is 8.16. The Kier molecular flexibility index (Phi) is 3.69. The van der Waals surface area contributed by atoms with Crippen LogP contribution in [0.3, 0.4) is 0 Å². The van der Waals surface area contributed by atoms with Crippen LogP contribution in [0.1, 0.15) is 11.3 Å². The van der Waals surface area contributed by atoms with Gasteiger partial charge in [0.25, 0.3) is 0 Å². The number of rotatable bonds is 2. The molecule has 0 fully saturated rings. The first-order valence-corrected chi connectivity index (χ1v) is 9.08. The van der Waals surface area contributed by atoms with Gasteiger partial charge < -0.3 is 0 Å². The van der Waals surface area contributed by atoms with Crippen LogP contribution in [0.4, 0.5) is 4.39 Å². The van der Waals surface area contributed by atoms with Crippen molar-refractivity contribution in [2.45, 2.75) is 13.8 Å². The Hall–Kier alpha value is -3.60. The van der Waals surface area contributed by atoms with Gasteiger partial charge >= 0.3 is 0 Å². The monoisotopic (exact) mass is 368 g/mol. The second-order valence-corrected chi connectivity index (χ2v) is 6.92. The van der Waals surface area contributed by atoms with E-state index < -0.39 is 5.95 Å². The Morgan fingerprint density at radius 2 is 1.71 bits per heavy atom. The fraction of sp³-hybridized carbons (Fsp3) is 0.0870. The minimum absolute atomic E-state index is 0.505. The van der Waals surface area contributed by atoms with E-state index in [1.165, 1.54) is 12.3 Å². The van der Waals surface area contributed by atoms with Crippen LogP contribution in [0.15, 0.2) is 67.0 Å². The minimum Gasteiger partial charge on any atom is -0.261 e. The molecule has 2 aromatic carbocycles. The van der Waals surface area contributed by atoms with Gasteiger partial charge in [0, 0.05) is 28.2 Å². The minimum atomic E-state index is -0.505. The molecule has 5 rings (SSSR count). The van der Waals surface area contributed by atoms with Gasteiger partial charge in [0.15, 0.2) is 0 Å². The van der Waals surface area contributed by atoms with Crippen molar-refractivity contribution in [1.29, 1.82) is 0 Å². The number of halogens is 1. The average molecular weight is 368 g/mol. The molecule has 3 aromatic heterocycles. The largest absolute Gasteiger partial charge is 0.261 e. The molecule has 0 unspecified atom stereocenters. The van der Waals surface area contributed by atoms with E-state index in [-0.39, 0.29) is 0 Å². The lowest BCUT2D eigenvalue weighted by atomic mass is 10.00. The summed E-state index contributed by atoms with van der Waals surface area (Å²) in [6, 6.07) is 17.5. The van der Waals surface area contributed by atoms with Gasteiger partial charge in [0.1, 0.15) is 5.69 Å². The quantitative estimate of drug-likeness (QED) is 0.392. The number of para-hydroxylation sites is 1. The van der Waals surface area contributed by atoms with Gasteiger partial charge in [-0.25, -0.2) is 9.67 Å². The van der Waals surface area contributed by atoms with Gasteiger partial charge in [-0.05, 0) is 43.0 Å². The molecule has 0 atom stereocenters. The van der Waals surface area contributed by atoms with E-state index in [2.05, 4.69) is 47.2 Å². The Labute approximate surface area is 161 Å². The standard InChI is InChI=1S/C23H17FN4/c1-14-5-3-8-19-22(18-7-4-6-16-12-25-15(2)11-20(16)18)27-28(23(14)19)17-9-10-21(24)26-13-17/h3-13H,1-2H3. The number of aromatic nitrogens is 4. The molecule has 0 spiro atoms. The summed E-state index contributed by atoms with van der Waals surface area (Å²) in [6.45, 7) is 4.04. The van der Waals surface area contributed by atoms with Gasteiger partial charge in [-0.1, -0.05) is 36.4 Å². The summed E-state index contributed by atoms with van der Waals surface area (Å²) < 4.78 is 15.2. The fourth-order valence-electron chi connectivity index (χ4n) is 3.69. The molecule has 0 saturated heterocycles. The van der Waals surface area contributed by atoms with Crippen molar-refractivity contribution >= 4 is 21.7 Å². The summed E-state index contributed by atoms with van der Waals surface area (Å²) in [7, 11) is 0. The normalized spacial score (nSPS) is 11.4. The van der Waals surface area contributed by atoms with Gasteiger partial charge in [-0.15, -0.1) is 0 Å². The molecule has 3 heterocycles. The molecular formula is C23H17FN4. The third kappa shape index (κ3) is 2.55. The highest BCUT2D eigenvalue weighted by molar-refractivity contribution is 6.04. The smallest absolute Gasteiger partial charge is 0.212 e. The van der Waals surface area contributed by atoms with Crippen LogP contribution >= 0.6 is 0 Å². The first-order valence-electron chi connectivity index (χ1n) is 9.08. The van der Waals surface area contributed by atoms with E-state index in [0.29, 0.717) is 0 Å². The predicted octanol–water partition coefficient (Wildman–Crippen LogP) is 5.39. The van der Waals surface area contributed by atoms with Crippen molar-refractivity contribution in [3.8, 4) is 16.9 Å². The van der Waals surface area contributed by atoms with Gasteiger partial charge in [0.05, 0.1) is 17.4 Å². The highest BCUT2D eigenvalue weighted by atomic mass is 19.1. The van der Waals surface area contributed by atoms with Crippen LogP contribution in [-0.2, 0) is 0 Å². The second kappa shape index (κ2) is 6.23. The number of pyridine rings is 2. The molecule has 136 valence electrons. The van der Waals surface area contributed by atoms with Crippen LogP contribution in [0, 0.1) is 19.8 Å². The van der Waals surface area contributed by atoms with E-state index in [1.807, 2.05) is 29.9 Å². The van der Waals surface area contributed by atoms with E-state index in [9.17, 15) is 4.39 Å². The maximum absolute atomic E-state index is 13.3. The highest BCUT2D eigenvalue weighted by Gasteiger charge is 2.17. The molecule has 5 heteroatoms. The maximum atomic E-state index is 13.3. The van der Waals surface area contributed by atoms with E-state index in [0.717, 1.165) is 49.9 Å². The summed E-state index contributed by atoms with van der Waals surface area (Å²) in [6.07, 6.45) is 3.40. The molecule has 0 saturated carbocycles. The van der Waals surface area contributed by atoms with Crippen molar-refractivity contribution in [2.75, 3.05) is 0 Å². The SMILES string of the molecule is Cc1cc2c(-c3nn(-c4ccc(F)nc4)c4c(C)cccc34)cccc2cn1. The molecular weight excluding hydrogens is 351 g/mol. The molecule has 4 nitrogen and oxygen atoms in total. The summed E-state index contributed by atoms with van der Waals surface area (Å²) in [5.74, 6) is -0.505. The van der Waals surface area contributed by atoms with E-state index in [4.69, 9.17) is 5.10 Å². The van der Waals surface area contributed by atoms with Crippen LogP contribution in [0.25, 0.3) is 38.6 Å². The third-order valence-electron chi connectivity index (χ3n) is 5.02. The van der Waals surface area contributed by atoms with Crippen molar-refractivity contribution in [1.82, 2.24) is 19.7 Å². The Morgan fingerprint density at radius 1 is 0.857 bits per heavy atom. The Balaban J connectivity index is 1.86. The molecule has 0 amide bonds. The first kappa shape index (κ1) is 16.6. The molecule has 0 N–H and O–H groups in total.